The van der Waals surface area contributed by atoms with Crippen LogP contribution in [0.25, 0.3) is 0 Å². The molecule has 2 rings (SSSR count). The molecule has 5 heteroatoms. The summed E-state index contributed by atoms with van der Waals surface area (Å²) >= 11 is 5.34. The second kappa shape index (κ2) is 7.74. The van der Waals surface area contributed by atoms with Gasteiger partial charge in [0.05, 0.1) is 6.04 Å². The zero-order valence-electron chi connectivity index (χ0n) is 13.5. The van der Waals surface area contributed by atoms with E-state index in [1.54, 1.807) is 31.1 Å². The molecule has 1 atom stereocenters. The maximum atomic E-state index is 11.8. The van der Waals surface area contributed by atoms with Gasteiger partial charge in [0, 0.05) is 25.3 Å². The Labute approximate surface area is 142 Å². The molecular weight excluding hydrogens is 306 g/mol. The Balaban J connectivity index is 1.94. The van der Waals surface area contributed by atoms with Crippen molar-refractivity contribution in [2.45, 2.75) is 13.0 Å². The van der Waals surface area contributed by atoms with Crippen molar-refractivity contribution in [3.05, 3.63) is 65.7 Å². The molecule has 0 saturated carbocycles. The van der Waals surface area contributed by atoms with E-state index in [0.29, 0.717) is 10.7 Å². The topological polar surface area (TPSA) is 44.4 Å². The first-order chi connectivity index (χ1) is 11.0. The Kier molecular flexibility index (Phi) is 5.71. The van der Waals surface area contributed by atoms with Crippen LogP contribution in [0.1, 0.15) is 28.9 Å². The lowest BCUT2D eigenvalue weighted by molar-refractivity contribution is 0.0827. The summed E-state index contributed by atoms with van der Waals surface area (Å²) in [6.45, 7) is 2.06. The first-order valence-corrected chi connectivity index (χ1v) is 7.82. The molecule has 2 aromatic rings. The Morgan fingerprint density at radius 3 is 2.22 bits per heavy atom. The van der Waals surface area contributed by atoms with Crippen LogP contribution in [-0.4, -0.2) is 30.0 Å². The highest BCUT2D eigenvalue weighted by Gasteiger charge is 2.09. The summed E-state index contributed by atoms with van der Waals surface area (Å²) in [7, 11) is 3.47. The van der Waals surface area contributed by atoms with Crippen LogP contribution in [0.3, 0.4) is 0 Å². The molecule has 0 fully saturated rings. The number of amides is 1. The molecule has 0 radical (unpaired) electrons. The fourth-order valence-electron chi connectivity index (χ4n) is 2.14. The Bertz CT molecular complexity index is 668. The fraction of sp³-hybridized carbons (Fsp3) is 0.222. The second-order valence-corrected chi connectivity index (χ2v) is 5.92. The number of nitrogens with one attached hydrogen (secondary N) is 2. The minimum absolute atomic E-state index is 0.0186. The van der Waals surface area contributed by atoms with Gasteiger partial charge in [-0.1, -0.05) is 30.3 Å². The summed E-state index contributed by atoms with van der Waals surface area (Å²) in [5, 5.41) is 6.93. The van der Waals surface area contributed by atoms with Gasteiger partial charge in [-0.2, -0.15) is 0 Å². The third-order valence-electron chi connectivity index (χ3n) is 3.44. The number of carbonyl (C=O) groups excluding carboxylic acids is 1. The summed E-state index contributed by atoms with van der Waals surface area (Å²) in [5.74, 6) is -0.0186. The molecule has 120 valence electrons. The average molecular weight is 327 g/mol. The highest BCUT2D eigenvalue weighted by Crippen LogP contribution is 2.13. The summed E-state index contributed by atoms with van der Waals surface area (Å²) in [6.07, 6.45) is 0. The molecule has 2 aromatic carbocycles. The molecule has 0 aliphatic rings. The van der Waals surface area contributed by atoms with Crippen molar-refractivity contribution < 1.29 is 4.79 Å². The number of hydrogen-bond donors (Lipinski definition) is 2. The van der Waals surface area contributed by atoms with E-state index >= 15 is 0 Å². The Morgan fingerprint density at radius 2 is 1.65 bits per heavy atom. The van der Waals surface area contributed by atoms with Gasteiger partial charge in [-0.15, -0.1) is 0 Å². The van der Waals surface area contributed by atoms with Crippen molar-refractivity contribution in [1.29, 1.82) is 0 Å². The summed E-state index contributed by atoms with van der Waals surface area (Å²) < 4.78 is 0. The Morgan fingerprint density at radius 1 is 1.04 bits per heavy atom. The van der Waals surface area contributed by atoms with Crippen LogP contribution in [0, 0.1) is 0 Å². The van der Waals surface area contributed by atoms with Crippen LogP contribution in [0.2, 0.25) is 0 Å². The van der Waals surface area contributed by atoms with E-state index < -0.39 is 0 Å². The second-order valence-electron chi connectivity index (χ2n) is 5.51. The van der Waals surface area contributed by atoms with Crippen LogP contribution in [0.4, 0.5) is 5.69 Å². The van der Waals surface area contributed by atoms with Crippen molar-refractivity contribution in [3.63, 3.8) is 0 Å². The number of benzene rings is 2. The normalized spacial score (nSPS) is 11.4. The number of anilines is 1. The molecule has 0 heterocycles. The summed E-state index contributed by atoms with van der Waals surface area (Å²) in [4.78, 5) is 13.4. The van der Waals surface area contributed by atoms with Crippen LogP contribution in [-0.2, 0) is 0 Å². The molecule has 23 heavy (non-hydrogen) atoms. The molecule has 0 spiro atoms. The smallest absolute Gasteiger partial charge is 0.253 e. The van der Waals surface area contributed by atoms with Crippen molar-refractivity contribution >= 4 is 28.9 Å². The van der Waals surface area contributed by atoms with Crippen LogP contribution < -0.4 is 10.6 Å². The maximum absolute atomic E-state index is 11.8. The molecular formula is C18H21N3OS. The zero-order chi connectivity index (χ0) is 16.8. The van der Waals surface area contributed by atoms with E-state index in [1.807, 2.05) is 30.3 Å². The van der Waals surface area contributed by atoms with Crippen molar-refractivity contribution in [3.8, 4) is 0 Å². The lowest BCUT2D eigenvalue weighted by Gasteiger charge is -2.17. The van der Waals surface area contributed by atoms with Crippen LogP contribution >= 0.6 is 12.2 Å². The molecule has 0 saturated heterocycles. The van der Waals surface area contributed by atoms with Gasteiger partial charge in [0.15, 0.2) is 5.11 Å². The van der Waals surface area contributed by atoms with Gasteiger partial charge in [-0.05, 0) is 49.0 Å². The minimum Gasteiger partial charge on any atom is -0.356 e. The van der Waals surface area contributed by atoms with Crippen LogP contribution in [0.5, 0.6) is 0 Å². The molecule has 0 unspecified atom stereocenters. The zero-order valence-corrected chi connectivity index (χ0v) is 14.4. The molecule has 0 aliphatic heterocycles. The third-order valence-corrected chi connectivity index (χ3v) is 3.66. The van der Waals surface area contributed by atoms with E-state index in [1.165, 1.54) is 5.56 Å². The highest BCUT2D eigenvalue weighted by atomic mass is 32.1. The number of carbonyl (C=O) groups is 1. The quantitative estimate of drug-likeness (QED) is 0.845. The van der Waals surface area contributed by atoms with E-state index in [0.717, 1.165) is 5.69 Å². The van der Waals surface area contributed by atoms with Gasteiger partial charge >= 0.3 is 0 Å². The van der Waals surface area contributed by atoms with Crippen molar-refractivity contribution in [1.82, 2.24) is 10.2 Å². The minimum atomic E-state index is -0.0186. The maximum Gasteiger partial charge on any atom is 0.253 e. The summed E-state index contributed by atoms with van der Waals surface area (Å²) in [6, 6.07) is 17.5. The number of rotatable bonds is 4. The predicted molar refractivity (Wildman–Crippen MR) is 98.7 cm³/mol. The van der Waals surface area contributed by atoms with Crippen LogP contribution in [0.15, 0.2) is 54.6 Å². The largest absolute Gasteiger partial charge is 0.356 e. The number of hydrogen-bond acceptors (Lipinski definition) is 2. The van der Waals surface area contributed by atoms with E-state index in [-0.39, 0.29) is 11.9 Å². The lowest BCUT2D eigenvalue weighted by atomic mass is 10.1. The van der Waals surface area contributed by atoms with Gasteiger partial charge in [0.25, 0.3) is 5.91 Å². The fourth-order valence-corrected chi connectivity index (χ4v) is 2.44. The molecule has 2 N–H and O–H groups in total. The van der Waals surface area contributed by atoms with Gasteiger partial charge < -0.3 is 15.5 Å². The van der Waals surface area contributed by atoms with E-state index in [4.69, 9.17) is 12.2 Å². The standard InChI is InChI=1S/C18H21N3OS/c1-13(14-7-5-4-6-8-14)19-18(23)20-16-11-9-15(10-12-16)17(22)21(2)3/h4-13H,1-3H3,(H2,19,20,23)/t13-/m1/s1. The lowest BCUT2D eigenvalue weighted by Crippen LogP contribution is -2.30. The number of nitrogens with zero attached hydrogens (tertiary/aromatic N) is 1. The molecule has 0 bridgehead atoms. The monoisotopic (exact) mass is 327 g/mol. The van der Waals surface area contributed by atoms with E-state index in [9.17, 15) is 4.79 Å². The van der Waals surface area contributed by atoms with Gasteiger partial charge in [0.2, 0.25) is 0 Å². The van der Waals surface area contributed by atoms with Gasteiger partial charge in [-0.25, -0.2) is 0 Å². The predicted octanol–water partition coefficient (Wildman–Crippen LogP) is 3.44. The SMILES string of the molecule is C[C@@H](NC(=S)Nc1ccc(C(=O)N(C)C)cc1)c1ccccc1. The third kappa shape index (κ3) is 4.79. The van der Waals surface area contributed by atoms with E-state index in [2.05, 4.69) is 29.7 Å². The van der Waals surface area contributed by atoms with Gasteiger partial charge in [0.1, 0.15) is 0 Å². The van der Waals surface area contributed by atoms with Crippen molar-refractivity contribution in [2.75, 3.05) is 19.4 Å². The highest BCUT2D eigenvalue weighted by molar-refractivity contribution is 7.80. The molecule has 0 aromatic heterocycles. The molecule has 4 nitrogen and oxygen atoms in total. The number of thiocarbonyl (C=S) groups is 1. The summed E-state index contributed by atoms with van der Waals surface area (Å²) in [5.41, 5.74) is 2.67. The Hall–Kier alpha value is -2.40. The first kappa shape index (κ1) is 17.0. The molecule has 1 amide bonds. The van der Waals surface area contributed by atoms with Crippen molar-refractivity contribution in [2.24, 2.45) is 0 Å². The molecule has 0 aliphatic carbocycles. The van der Waals surface area contributed by atoms with Gasteiger partial charge in [-0.3, -0.25) is 4.79 Å². The first-order valence-electron chi connectivity index (χ1n) is 7.41. The average Bonchev–Trinajstić information content (AvgIpc) is 2.55.